The molecule has 1 aliphatic heterocycles. The maximum absolute atomic E-state index is 12.4. The molecule has 0 bridgehead atoms. The standard InChI is InChI=1S/C11H19F2N/c1-11(2,3)14-7-4-5-9(6-8-14)10(12)13/h4-8H2,1-3H3. The molecule has 14 heavy (non-hydrogen) atoms. The van der Waals surface area contributed by atoms with Crippen LogP contribution in [0.25, 0.3) is 0 Å². The third-order valence-electron chi connectivity index (χ3n) is 2.81. The van der Waals surface area contributed by atoms with Crippen LogP contribution in [-0.4, -0.2) is 23.5 Å². The maximum atomic E-state index is 12.4. The van der Waals surface area contributed by atoms with E-state index in [2.05, 4.69) is 25.7 Å². The monoisotopic (exact) mass is 203 g/mol. The molecule has 3 heteroatoms. The number of hydrogen-bond donors (Lipinski definition) is 0. The highest BCUT2D eigenvalue weighted by Crippen LogP contribution is 2.25. The molecule has 82 valence electrons. The molecule has 1 saturated heterocycles. The van der Waals surface area contributed by atoms with E-state index in [1.54, 1.807) is 0 Å². The lowest BCUT2D eigenvalue weighted by Gasteiger charge is -2.34. The summed E-state index contributed by atoms with van der Waals surface area (Å²) < 4.78 is 24.8. The summed E-state index contributed by atoms with van der Waals surface area (Å²) in [6.45, 7) is 8.09. The molecule has 1 aliphatic rings. The zero-order chi connectivity index (χ0) is 10.8. The van der Waals surface area contributed by atoms with Crippen molar-refractivity contribution in [3.63, 3.8) is 0 Å². The Morgan fingerprint density at radius 2 is 1.79 bits per heavy atom. The molecule has 0 aromatic rings. The van der Waals surface area contributed by atoms with Gasteiger partial charge < -0.3 is 0 Å². The highest BCUT2D eigenvalue weighted by Gasteiger charge is 2.23. The zero-order valence-corrected chi connectivity index (χ0v) is 9.24. The van der Waals surface area contributed by atoms with Gasteiger partial charge in [0.25, 0.3) is 6.08 Å². The van der Waals surface area contributed by atoms with Gasteiger partial charge in [0.15, 0.2) is 0 Å². The van der Waals surface area contributed by atoms with Gasteiger partial charge in [0.1, 0.15) is 0 Å². The molecule has 0 atom stereocenters. The molecule has 0 amide bonds. The third kappa shape index (κ3) is 3.05. The van der Waals surface area contributed by atoms with Gasteiger partial charge in [-0.25, -0.2) is 0 Å². The Labute approximate surface area is 84.8 Å². The van der Waals surface area contributed by atoms with Gasteiger partial charge in [-0.3, -0.25) is 4.90 Å². The molecule has 0 spiro atoms. The minimum Gasteiger partial charge on any atom is -0.298 e. The molecule has 0 aromatic carbocycles. The SMILES string of the molecule is CC(C)(C)N1CCCC(=C(F)F)CC1. The fraction of sp³-hybridized carbons (Fsp3) is 0.818. The van der Waals surface area contributed by atoms with Crippen LogP contribution in [0.15, 0.2) is 11.7 Å². The molecule has 0 aromatic heterocycles. The molecule has 1 heterocycles. The van der Waals surface area contributed by atoms with E-state index in [1.807, 2.05) is 0 Å². The Morgan fingerprint density at radius 3 is 2.29 bits per heavy atom. The Morgan fingerprint density at radius 1 is 1.14 bits per heavy atom. The van der Waals surface area contributed by atoms with Crippen LogP contribution in [0.2, 0.25) is 0 Å². The first kappa shape index (κ1) is 11.6. The largest absolute Gasteiger partial charge is 0.298 e. The molecular formula is C11H19F2N. The normalized spacial score (nSPS) is 20.8. The minimum absolute atomic E-state index is 0.0994. The molecule has 1 fully saturated rings. The van der Waals surface area contributed by atoms with E-state index in [-0.39, 0.29) is 5.54 Å². The van der Waals surface area contributed by atoms with Gasteiger partial charge in [0.05, 0.1) is 0 Å². The summed E-state index contributed by atoms with van der Waals surface area (Å²) in [5.74, 6) is 0. The van der Waals surface area contributed by atoms with E-state index in [0.29, 0.717) is 18.4 Å². The van der Waals surface area contributed by atoms with Crippen LogP contribution < -0.4 is 0 Å². The van der Waals surface area contributed by atoms with Crippen LogP contribution in [0.1, 0.15) is 40.0 Å². The molecule has 0 saturated carbocycles. The van der Waals surface area contributed by atoms with Gasteiger partial charge in [-0.2, -0.15) is 8.78 Å². The summed E-state index contributed by atoms with van der Waals surface area (Å²) >= 11 is 0. The van der Waals surface area contributed by atoms with Crippen LogP contribution in [0.3, 0.4) is 0 Å². The quantitative estimate of drug-likeness (QED) is 0.583. The Bertz CT molecular complexity index is 224. The summed E-state index contributed by atoms with van der Waals surface area (Å²) in [4.78, 5) is 2.28. The molecule has 0 N–H and O–H groups in total. The van der Waals surface area contributed by atoms with E-state index in [4.69, 9.17) is 0 Å². The fourth-order valence-electron chi connectivity index (χ4n) is 1.85. The number of hydrogen-bond acceptors (Lipinski definition) is 1. The third-order valence-corrected chi connectivity index (χ3v) is 2.81. The fourth-order valence-corrected chi connectivity index (χ4v) is 1.85. The number of rotatable bonds is 0. The van der Waals surface area contributed by atoms with Crippen molar-refractivity contribution in [2.45, 2.75) is 45.6 Å². The lowest BCUT2D eigenvalue weighted by atomic mass is 10.1. The van der Waals surface area contributed by atoms with Crippen molar-refractivity contribution >= 4 is 0 Å². The second-order valence-corrected chi connectivity index (χ2v) is 4.88. The molecule has 1 rings (SSSR count). The summed E-state index contributed by atoms with van der Waals surface area (Å²) in [5.41, 5.74) is 0.458. The maximum Gasteiger partial charge on any atom is 0.269 e. The van der Waals surface area contributed by atoms with E-state index < -0.39 is 6.08 Å². The predicted molar refractivity (Wildman–Crippen MR) is 54.4 cm³/mol. The van der Waals surface area contributed by atoms with Crippen LogP contribution in [0, 0.1) is 0 Å². The lowest BCUT2D eigenvalue weighted by molar-refractivity contribution is 0.143. The van der Waals surface area contributed by atoms with Crippen LogP contribution in [-0.2, 0) is 0 Å². The minimum atomic E-state index is -1.46. The Kier molecular flexibility index (Phi) is 3.65. The van der Waals surface area contributed by atoms with Gasteiger partial charge in [-0.1, -0.05) is 0 Å². The first-order valence-electron chi connectivity index (χ1n) is 5.19. The predicted octanol–water partition coefficient (Wildman–Crippen LogP) is 3.42. The van der Waals surface area contributed by atoms with Crippen molar-refractivity contribution < 1.29 is 8.78 Å². The first-order valence-corrected chi connectivity index (χ1v) is 5.19. The topological polar surface area (TPSA) is 3.24 Å². The Balaban J connectivity index is 2.63. The highest BCUT2D eigenvalue weighted by molar-refractivity contribution is 5.05. The van der Waals surface area contributed by atoms with Crippen molar-refractivity contribution in [3.8, 4) is 0 Å². The van der Waals surface area contributed by atoms with Gasteiger partial charge in [0.2, 0.25) is 0 Å². The van der Waals surface area contributed by atoms with E-state index >= 15 is 0 Å². The summed E-state index contributed by atoms with van der Waals surface area (Å²) in [6.07, 6.45) is 0.485. The summed E-state index contributed by atoms with van der Waals surface area (Å²) in [7, 11) is 0. The van der Waals surface area contributed by atoms with Crippen molar-refractivity contribution in [1.29, 1.82) is 0 Å². The van der Waals surface area contributed by atoms with Gasteiger partial charge in [-0.15, -0.1) is 0 Å². The highest BCUT2D eigenvalue weighted by atomic mass is 19.3. The van der Waals surface area contributed by atoms with Gasteiger partial charge >= 0.3 is 0 Å². The number of nitrogens with zero attached hydrogens (tertiary/aromatic N) is 1. The van der Waals surface area contributed by atoms with Crippen molar-refractivity contribution in [1.82, 2.24) is 4.90 Å². The second kappa shape index (κ2) is 4.39. The summed E-state index contributed by atoms with van der Waals surface area (Å²) in [5, 5.41) is 0. The van der Waals surface area contributed by atoms with E-state index in [1.165, 1.54) is 0 Å². The van der Waals surface area contributed by atoms with Crippen LogP contribution in [0.5, 0.6) is 0 Å². The summed E-state index contributed by atoms with van der Waals surface area (Å²) in [6, 6.07) is 0. The van der Waals surface area contributed by atoms with E-state index in [9.17, 15) is 8.78 Å². The van der Waals surface area contributed by atoms with Crippen molar-refractivity contribution in [2.75, 3.05) is 13.1 Å². The van der Waals surface area contributed by atoms with Crippen molar-refractivity contribution in [3.05, 3.63) is 11.7 Å². The van der Waals surface area contributed by atoms with Gasteiger partial charge in [-0.05, 0) is 52.2 Å². The average molecular weight is 203 g/mol. The zero-order valence-electron chi connectivity index (χ0n) is 9.24. The van der Waals surface area contributed by atoms with Crippen LogP contribution >= 0.6 is 0 Å². The first-order chi connectivity index (χ1) is 6.41. The Hall–Kier alpha value is -0.440. The van der Waals surface area contributed by atoms with Crippen molar-refractivity contribution in [2.24, 2.45) is 0 Å². The van der Waals surface area contributed by atoms with Crippen LogP contribution in [0.4, 0.5) is 8.78 Å². The van der Waals surface area contributed by atoms with E-state index in [0.717, 1.165) is 19.5 Å². The number of halogens is 2. The molecule has 1 nitrogen and oxygen atoms in total. The molecule has 0 aliphatic carbocycles. The van der Waals surface area contributed by atoms with Gasteiger partial charge in [0, 0.05) is 12.1 Å². The number of likely N-dealkylation sites (tertiary alicyclic amines) is 1. The molecule has 0 unspecified atom stereocenters. The lowest BCUT2D eigenvalue weighted by Crippen LogP contribution is -2.41. The average Bonchev–Trinajstić information content (AvgIpc) is 2.26. The second-order valence-electron chi connectivity index (χ2n) is 4.88. The molecular weight excluding hydrogens is 184 g/mol. The molecule has 0 radical (unpaired) electrons. The smallest absolute Gasteiger partial charge is 0.269 e.